The van der Waals surface area contributed by atoms with Gasteiger partial charge in [-0.3, -0.25) is 9.11 Å². The Balaban J connectivity index is 1.31. The van der Waals surface area contributed by atoms with Crippen molar-refractivity contribution in [2.24, 2.45) is 0 Å². The maximum Gasteiger partial charge on any atom is 0.374 e. The number of nitrogens with zero attached hydrogens (tertiary/aromatic N) is 2. The molecule has 0 saturated carbocycles. The van der Waals surface area contributed by atoms with Crippen LogP contribution in [-0.4, -0.2) is 40.3 Å². The van der Waals surface area contributed by atoms with Gasteiger partial charge in [-0.25, -0.2) is 4.18 Å². The smallest absolute Gasteiger partial charge is 0.374 e. The zero-order chi connectivity index (χ0) is 32.8. The molecule has 2 aliphatic heterocycles. The van der Waals surface area contributed by atoms with Crippen LogP contribution in [0.5, 0.6) is 5.75 Å². The lowest BCUT2D eigenvalue weighted by Gasteiger charge is -2.12. The van der Waals surface area contributed by atoms with E-state index in [0.29, 0.717) is 41.6 Å². The lowest BCUT2D eigenvalue weighted by Crippen LogP contribution is -2.38. The molecule has 7 rings (SSSR count). The van der Waals surface area contributed by atoms with Crippen molar-refractivity contribution in [3.05, 3.63) is 120 Å². The predicted octanol–water partition coefficient (Wildman–Crippen LogP) is 6.47. The molecule has 0 aliphatic carbocycles. The Morgan fingerprint density at radius 2 is 1.64 bits per heavy atom. The normalized spacial score (nSPS) is 20.4. The zero-order valence-electron chi connectivity index (χ0n) is 25.4. The van der Waals surface area contributed by atoms with Gasteiger partial charge in [-0.1, -0.05) is 79.7 Å². The average molecular weight is 673 g/mol. The SMILES string of the molecule is CCC(=Cc1oc2ccc(-c3ccccc3)cc2[n+]1CCS(=O)(=O)O)/C=C1/Oc2ccc(-c3ccccc3)cc2[N+]12CC2OS(=O)O. The molecule has 12 heteroatoms. The minimum atomic E-state index is -4.25. The number of allylic oxidation sites excluding steroid dienone is 2. The summed E-state index contributed by atoms with van der Waals surface area (Å²) in [7, 11) is -4.25. The molecule has 3 atom stereocenters. The molecule has 0 radical (unpaired) electrons. The van der Waals surface area contributed by atoms with Gasteiger partial charge in [0.2, 0.25) is 5.58 Å². The summed E-state index contributed by atoms with van der Waals surface area (Å²) in [5, 5.41) is 0. The van der Waals surface area contributed by atoms with Gasteiger partial charge >= 0.3 is 23.1 Å². The summed E-state index contributed by atoms with van der Waals surface area (Å²) in [4.78, 5) is 0. The number of rotatable bonds is 10. The maximum absolute atomic E-state index is 11.8. The number of benzene rings is 4. The second-order valence-corrected chi connectivity index (χ2v) is 13.7. The van der Waals surface area contributed by atoms with Crippen molar-refractivity contribution in [1.82, 2.24) is 4.48 Å². The van der Waals surface area contributed by atoms with E-state index in [9.17, 15) is 21.7 Å². The van der Waals surface area contributed by atoms with E-state index in [0.717, 1.165) is 33.5 Å². The van der Waals surface area contributed by atoms with Gasteiger partial charge in [0.25, 0.3) is 21.9 Å². The van der Waals surface area contributed by atoms with Crippen molar-refractivity contribution in [3.8, 4) is 28.0 Å². The first-order valence-corrected chi connectivity index (χ1v) is 17.7. The second-order valence-electron chi connectivity index (χ2n) is 11.5. The number of ether oxygens (including phenoxy) is 1. The standard InChI is InChI=1S/C35H30N2O8S2/c1-2-24(19-33-36(17-18-47(40,41)42)29-21-27(13-15-31(29)43-33)25-9-5-3-6-10-25)20-34-37(23-35(37)45-46(38)39)30-22-28(14-16-32(30)44-34)26-11-7-4-8-12-26/h3-16,19-22,35H,2,17-18,23H2,1H3/p+2/b24-19?,34-20+. The van der Waals surface area contributed by atoms with E-state index in [2.05, 4.69) is 0 Å². The summed E-state index contributed by atoms with van der Waals surface area (Å²) in [6.07, 6.45) is 3.63. The van der Waals surface area contributed by atoms with E-state index in [1.807, 2.05) is 116 Å². The Bertz CT molecular complexity index is 2180. The largest absolute Gasteiger partial charge is 0.406 e. The number of quaternary nitrogens is 1. The number of fused-ring (bicyclic) bond motifs is 3. The van der Waals surface area contributed by atoms with Crippen LogP contribution >= 0.6 is 0 Å². The van der Waals surface area contributed by atoms with E-state index in [1.54, 1.807) is 4.57 Å². The monoisotopic (exact) mass is 672 g/mol. The summed E-state index contributed by atoms with van der Waals surface area (Å²) in [5.74, 6) is 1.05. The lowest BCUT2D eigenvalue weighted by molar-refractivity contribution is -0.673. The van der Waals surface area contributed by atoms with Crippen LogP contribution in [0.3, 0.4) is 0 Å². The summed E-state index contributed by atoms with van der Waals surface area (Å²) in [6, 6.07) is 31.3. The van der Waals surface area contributed by atoms with Crippen LogP contribution in [-0.2, 0) is 32.2 Å². The highest BCUT2D eigenvalue weighted by Crippen LogP contribution is 2.55. The summed E-state index contributed by atoms with van der Waals surface area (Å²) < 4.78 is 74.4. The highest BCUT2D eigenvalue weighted by Gasteiger charge is 2.68. The van der Waals surface area contributed by atoms with Gasteiger partial charge in [0.15, 0.2) is 24.5 Å². The minimum Gasteiger partial charge on any atom is -0.406 e. The Morgan fingerprint density at radius 1 is 0.979 bits per heavy atom. The summed E-state index contributed by atoms with van der Waals surface area (Å²) in [5.41, 5.74) is 6.78. The molecule has 4 aromatic carbocycles. The molecule has 5 aromatic rings. The quantitative estimate of drug-likeness (QED) is 0.0569. The van der Waals surface area contributed by atoms with Crippen molar-refractivity contribution >= 4 is 44.3 Å². The first-order valence-electron chi connectivity index (χ1n) is 15.1. The molecule has 47 heavy (non-hydrogen) atoms. The van der Waals surface area contributed by atoms with Crippen LogP contribution in [0.1, 0.15) is 19.2 Å². The van der Waals surface area contributed by atoms with E-state index >= 15 is 0 Å². The van der Waals surface area contributed by atoms with Crippen LogP contribution in [0.4, 0.5) is 5.69 Å². The first kappa shape index (κ1) is 31.2. The molecule has 2 aliphatic rings. The minimum absolute atomic E-state index is 0.0358. The molecule has 1 spiro atoms. The van der Waals surface area contributed by atoms with Crippen molar-refractivity contribution in [1.29, 1.82) is 0 Å². The molecule has 0 bridgehead atoms. The molecule has 1 aromatic heterocycles. The maximum atomic E-state index is 11.8. The topological polar surface area (TPSA) is 127 Å². The predicted molar refractivity (Wildman–Crippen MR) is 179 cm³/mol. The van der Waals surface area contributed by atoms with Gasteiger partial charge in [0.1, 0.15) is 5.75 Å². The van der Waals surface area contributed by atoms with Gasteiger partial charge in [0, 0.05) is 18.2 Å². The van der Waals surface area contributed by atoms with Gasteiger partial charge in [0.05, 0.1) is 6.08 Å². The lowest BCUT2D eigenvalue weighted by atomic mass is 10.0. The fourth-order valence-corrected chi connectivity index (χ4v) is 6.90. The Hall–Kier alpha value is -4.43. The highest BCUT2D eigenvalue weighted by atomic mass is 32.2. The van der Waals surface area contributed by atoms with Crippen molar-refractivity contribution < 1.29 is 39.6 Å². The zero-order valence-corrected chi connectivity index (χ0v) is 27.0. The molecule has 1 fully saturated rings. The fourth-order valence-electron chi connectivity index (χ4n) is 6.09. The average Bonchev–Trinajstić information content (AvgIpc) is 3.54. The van der Waals surface area contributed by atoms with Gasteiger partial charge < -0.3 is 9.15 Å². The Labute approximate surface area is 274 Å². The van der Waals surface area contributed by atoms with Crippen molar-refractivity contribution in [2.75, 3.05) is 12.3 Å². The molecule has 240 valence electrons. The third-order valence-electron chi connectivity index (χ3n) is 8.54. The Kier molecular flexibility index (Phi) is 8.16. The molecule has 3 unspecified atom stereocenters. The second kappa shape index (κ2) is 12.3. The van der Waals surface area contributed by atoms with Gasteiger partial charge in [-0.2, -0.15) is 21.7 Å². The van der Waals surface area contributed by atoms with E-state index in [4.69, 9.17) is 13.3 Å². The first-order chi connectivity index (χ1) is 22.6. The number of hydrogen-bond acceptors (Lipinski definition) is 6. The Morgan fingerprint density at radius 3 is 2.28 bits per heavy atom. The van der Waals surface area contributed by atoms with Crippen LogP contribution in [0.2, 0.25) is 0 Å². The summed E-state index contributed by atoms with van der Waals surface area (Å²) in [6.45, 7) is 2.34. The molecule has 1 saturated heterocycles. The molecular weight excluding hydrogens is 641 g/mol. The van der Waals surface area contributed by atoms with Crippen LogP contribution in [0, 0.1) is 0 Å². The van der Waals surface area contributed by atoms with Crippen molar-refractivity contribution in [2.45, 2.75) is 26.1 Å². The highest BCUT2D eigenvalue weighted by molar-refractivity contribution is 7.85. The van der Waals surface area contributed by atoms with Gasteiger partial charge in [-0.15, -0.1) is 0 Å². The molecular formula is C35H32N2O8S2+2. The van der Waals surface area contributed by atoms with Crippen molar-refractivity contribution in [3.63, 3.8) is 0 Å². The van der Waals surface area contributed by atoms with E-state index in [-0.39, 0.29) is 11.0 Å². The molecule has 0 amide bonds. The molecule has 2 N–H and O–H groups in total. The van der Waals surface area contributed by atoms with Crippen LogP contribution in [0.15, 0.2) is 119 Å². The number of aromatic nitrogens is 1. The number of oxazole rings is 1. The fraction of sp³-hybridized carbons (Fsp3) is 0.171. The van der Waals surface area contributed by atoms with E-state index in [1.165, 1.54) is 0 Å². The number of aryl methyl sites for hydroxylation is 1. The molecule has 10 nitrogen and oxygen atoms in total. The third-order valence-corrected chi connectivity index (χ3v) is 9.62. The van der Waals surface area contributed by atoms with Crippen LogP contribution in [0.25, 0.3) is 39.4 Å². The third kappa shape index (κ3) is 6.19. The van der Waals surface area contributed by atoms with Crippen LogP contribution < -0.4 is 13.8 Å². The summed E-state index contributed by atoms with van der Waals surface area (Å²) >= 11 is -2.47. The molecule has 3 heterocycles. The van der Waals surface area contributed by atoms with E-state index < -0.39 is 33.5 Å². The van der Waals surface area contributed by atoms with Gasteiger partial charge in [-0.05, 0) is 46.4 Å². The number of hydrogen-bond donors (Lipinski definition) is 2.